The van der Waals surface area contributed by atoms with Crippen LogP contribution < -0.4 is 9.64 Å². The van der Waals surface area contributed by atoms with Crippen LogP contribution in [0.4, 0.5) is 11.4 Å². The zero-order valence-electron chi connectivity index (χ0n) is 16.0. The maximum atomic E-state index is 12.6. The first kappa shape index (κ1) is 19.7. The maximum Gasteiger partial charge on any atom is 0.269 e. The van der Waals surface area contributed by atoms with Gasteiger partial charge in [0.15, 0.2) is 0 Å². The van der Waals surface area contributed by atoms with E-state index in [1.807, 2.05) is 36.1 Å². The summed E-state index contributed by atoms with van der Waals surface area (Å²) < 4.78 is 5.63. The van der Waals surface area contributed by atoms with Crippen LogP contribution in [0.15, 0.2) is 48.5 Å². The van der Waals surface area contributed by atoms with E-state index in [9.17, 15) is 14.9 Å². The van der Waals surface area contributed by atoms with Crippen molar-refractivity contribution < 1.29 is 14.5 Å². The molecule has 0 spiro atoms. The third kappa shape index (κ3) is 4.79. The topological polar surface area (TPSA) is 75.9 Å². The Bertz CT molecular complexity index is 815. The van der Waals surface area contributed by atoms with Gasteiger partial charge in [-0.1, -0.05) is 18.2 Å². The predicted octanol–water partition coefficient (Wildman–Crippen LogP) is 3.27. The second-order valence-electron chi connectivity index (χ2n) is 6.68. The molecule has 7 heteroatoms. The van der Waals surface area contributed by atoms with Gasteiger partial charge in [0.25, 0.3) is 5.69 Å². The van der Waals surface area contributed by atoms with Gasteiger partial charge in [0.05, 0.1) is 11.5 Å². The highest BCUT2D eigenvalue weighted by Crippen LogP contribution is 2.22. The van der Waals surface area contributed by atoms with Crippen LogP contribution in [0.1, 0.15) is 18.9 Å². The van der Waals surface area contributed by atoms with E-state index in [1.54, 1.807) is 12.1 Å². The summed E-state index contributed by atoms with van der Waals surface area (Å²) in [4.78, 5) is 27.0. The van der Waals surface area contributed by atoms with Gasteiger partial charge in [-0.2, -0.15) is 0 Å². The monoisotopic (exact) mass is 383 g/mol. The Labute approximate surface area is 164 Å². The molecule has 0 bridgehead atoms. The first-order valence-corrected chi connectivity index (χ1v) is 9.56. The van der Waals surface area contributed by atoms with E-state index in [2.05, 4.69) is 4.90 Å². The minimum absolute atomic E-state index is 0.0879. The SMILES string of the molecule is CCOc1ccccc1CCC(=O)N1CCN(c2ccc([N+](=O)[O-])cc2)CC1. The molecule has 0 aliphatic carbocycles. The summed E-state index contributed by atoms with van der Waals surface area (Å²) >= 11 is 0. The molecular formula is C21H25N3O4. The summed E-state index contributed by atoms with van der Waals surface area (Å²) in [5, 5.41) is 10.8. The van der Waals surface area contributed by atoms with Crippen LogP contribution >= 0.6 is 0 Å². The molecule has 1 heterocycles. The van der Waals surface area contributed by atoms with Gasteiger partial charge in [-0.15, -0.1) is 0 Å². The number of benzene rings is 2. The average molecular weight is 383 g/mol. The minimum atomic E-state index is -0.399. The van der Waals surface area contributed by atoms with Crippen LogP contribution in [-0.2, 0) is 11.2 Å². The van der Waals surface area contributed by atoms with Crippen molar-refractivity contribution in [2.45, 2.75) is 19.8 Å². The fourth-order valence-electron chi connectivity index (χ4n) is 3.41. The molecule has 0 aromatic heterocycles. The van der Waals surface area contributed by atoms with E-state index in [-0.39, 0.29) is 11.6 Å². The summed E-state index contributed by atoms with van der Waals surface area (Å²) in [6, 6.07) is 14.4. The second-order valence-corrected chi connectivity index (χ2v) is 6.68. The van der Waals surface area contributed by atoms with Gasteiger partial charge >= 0.3 is 0 Å². The Morgan fingerprint density at radius 3 is 2.39 bits per heavy atom. The zero-order valence-corrected chi connectivity index (χ0v) is 16.0. The molecule has 2 aromatic carbocycles. The Hall–Kier alpha value is -3.09. The van der Waals surface area contributed by atoms with Crippen LogP contribution in [0.3, 0.4) is 0 Å². The predicted molar refractivity (Wildman–Crippen MR) is 108 cm³/mol. The lowest BCUT2D eigenvalue weighted by molar-refractivity contribution is -0.384. The second kappa shape index (κ2) is 9.21. The maximum absolute atomic E-state index is 12.6. The third-order valence-corrected chi connectivity index (χ3v) is 4.94. The van der Waals surface area contributed by atoms with Gasteiger partial charge in [0, 0.05) is 50.4 Å². The van der Waals surface area contributed by atoms with Crippen molar-refractivity contribution in [3.05, 3.63) is 64.2 Å². The van der Waals surface area contributed by atoms with Gasteiger partial charge in [-0.25, -0.2) is 0 Å². The Morgan fingerprint density at radius 2 is 1.75 bits per heavy atom. The van der Waals surface area contributed by atoms with Crippen LogP contribution in [0.25, 0.3) is 0 Å². The highest BCUT2D eigenvalue weighted by Gasteiger charge is 2.21. The Balaban J connectivity index is 1.50. The standard InChI is InChI=1S/C21H25N3O4/c1-2-28-20-6-4-3-5-17(20)7-12-21(25)23-15-13-22(14-16-23)18-8-10-19(11-9-18)24(26)27/h3-6,8-11H,2,7,12-16H2,1H3. The van der Waals surface area contributed by atoms with E-state index in [0.29, 0.717) is 32.5 Å². The van der Waals surface area contributed by atoms with Gasteiger partial charge in [-0.05, 0) is 37.1 Å². The molecule has 1 aliphatic heterocycles. The van der Waals surface area contributed by atoms with Crippen LogP contribution in [0, 0.1) is 10.1 Å². The number of non-ortho nitro benzene ring substituents is 1. The van der Waals surface area contributed by atoms with Gasteiger partial charge in [-0.3, -0.25) is 14.9 Å². The summed E-state index contributed by atoms with van der Waals surface area (Å²) in [6.07, 6.45) is 1.12. The molecule has 0 saturated carbocycles. The minimum Gasteiger partial charge on any atom is -0.494 e. The van der Waals surface area contributed by atoms with Crippen LogP contribution in [0.5, 0.6) is 5.75 Å². The fourth-order valence-corrected chi connectivity index (χ4v) is 3.41. The summed E-state index contributed by atoms with van der Waals surface area (Å²) in [5.41, 5.74) is 2.09. The van der Waals surface area contributed by atoms with Crippen molar-refractivity contribution in [3.8, 4) is 5.75 Å². The lowest BCUT2D eigenvalue weighted by Crippen LogP contribution is -2.48. The molecule has 0 radical (unpaired) electrons. The van der Waals surface area contributed by atoms with Gasteiger partial charge in [0.1, 0.15) is 5.75 Å². The summed E-state index contributed by atoms with van der Waals surface area (Å²) in [5.74, 6) is 0.996. The highest BCUT2D eigenvalue weighted by molar-refractivity contribution is 5.77. The number of hydrogen-bond donors (Lipinski definition) is 0. The lowest BCUT2D eigenvalue weighted by atomic mass is 10.1. The van der Waals surface area contributed by atoms with E-state index in [4.69, 9.17) is 4.74 Å². The number of nitrogens with zero attached hydrogens (tertiary/aromatic N) is 3. The number of anilines is 1. The van der Waals surface area contributed by atoms with Crippen molar-refractivity contribution in [1.82, 2.24) is 4.90 Å². The third-order valence-electron chi connectivity index (χ3n) is 4.94. The Morgan fingerprint density at radius 1 is 1.07 bits per heavy atom. The summed E-state index contributed by atoms with van der Waals surface area (Å²) in [6.45, 7) is 5.31. The largest absolute Gasteiger partial charge is 0.494 e. The number of carbonyl (C=O) groups is 1. The van der Waals surface area contributed by atoms with Crippen molar-refractivity contribution in [2.75, 3.05) is 37.7 Å². The van der Waals surface area contributed by atoms with Crippen molar-refractivity contribution in [1.29, 1.82) is 0 Å². The quantitative estimate of drug-likeness (QED) is 0.542. The van der Waals surface area contributed by atoms with Crippen molar-refractivity contribution in [3.63, 3.8) is 0 Å². The van der Waals surface area contributed by atoms with E-state index >= 15 is 0 Å². The number of hydrogen-bond acceptors (Lipinski definition) is 5. The number of nitro groups is 1. The van der Waals surface area contributed by atoms with E-state index < -0.39 is 4.92 Å². The molecule has 3 rings (SSSR count). The molecule has 28 heavy (non-hydrogen) atoms. The number of para-hydroxylation sites is 1. The number of nitro benzene ring substituents is 1. The van der Waals surface area contributed by atoms with Gasteiger partial charge in [0.2, 0.25) is 5.91 Å². The smallest absolute Gasteiger partial charge is 0.269 e. The molecule has 1 amide bonds. The number of amides is 1. The normalized spacial score (nSPS) is 14.0. The van der Waals surface area contributed by atoms with E-state index in [0.717, 1.165) is 30.1 Å². The van der Waals surface area contributed by atoms with Crippen molar-refractivity contribution >= 4 is 17.3 Å². The highest BCUT2D eigenvalue weighted by atomic mass is 16.6. The molecule has 7 nitrogen and oxygen atoms in total. The molecule has 1 fully saturated rings. The van der Waals surface area contributed by atoms with Crippen LogP contribution in [0.2, 0.25) is 0 Å². The number of piperazine rings is 1. The number of rotatable bonds is 7. The first-order chi connectivity index (χ1) is 13.6. The molecule has 0 atom stereocenters. The number of ether oxygens (including phenoxy) is 1. The average Bonchev–Trinajstić information content (AvgIpc) is 2.73. The zero-order chi connectivity index (χ0) is 19.9. The fraction of sp³-hybridized carbons (Fsp3) is 0.381. The van der Waals surface area contributed by atoms with Crippen molar-refractivity contribution in [2.24, 2.45) is 0 Å². The molecule has 1 saturated heterocycles. The van der Waals surface area contributed by atoms with E-state index in [1.165, 1.54) is 12.1 Å². The van der Waals surface area contributed by atoms with Gasteiger partial charge < -0.3 is 14.5 Å². The molecule has 0 unspecified atom stereocenters. The molecular weight excluding hydrogens is 358 g/mol. The lowest BCUT2D eigenvalue weighted by Gasteiger charge is -2.36. The molecule has 1 aliphatic rings. The molecule has 2 aromatic rings. The first-order valence-electron chi connectivity index (χ1n) is 9.56. The van der Waals surface area contributed by atoms with Crippen LogP contribution in [-0.4, -0.2) is 48.5 Å². The molecule has 148 valence electrons. The number of aryl methyl sites for hydroxylation is 1. The Kier molecular flexibility index (Phi) is 6.47. The molecule has 0 N–H and O–H groups in total. The number of carbonyl (C=O) groups excluding carboxylic acids is 1. The summed E-state index contributed by atoms with van der Waals surface area (Å²) in [7, 11) is 0.